The molecule has 0 aliphatic heterocycles. The summed E-state index contributed by atoms with van der Waals surface area (Å²) in [6.07, 6.45) is 1.65. The van der Waals surface area contributed by atoms with Crippen LogP contribution in [0.2, 0.25) is 0 Å². The van der Waals surface area contributed by atoms with E-state index >= 15 is 0 Å². The van der Waals surface area contributed by atoms with Crippen molar-refractivity contribution < 1.29 is 14.1 Å². The molecule has 2 aromatic heterocycles. The summed E-state index contributed by atoms with van der Waals surface area (Å²) >= 11 is 0. The largest absolute Gasteiger partial charge is 0.451 e. The molecule has 4 rings (SSSR count). The fourth-order valence-electron chi connectivity index (χ4n) is 2.59. The molecule has 2 aromatic carbocycles. The number of esters is 1. The zero-order valence-corrected chi connectivity index (χ0v) is 15.5. The van der Waals surface area contributed by atoms with Crippen molar-refractivity contribution in [1.29, 1.82) is 0 Å². The van der Waals surface area contributed by atoms with Gasteiger partial charge in [-0.15, -0.1) is 5.10 Å². The van der Waals surface area contributed by atoms with E-state index in [0.717, 1.165) is 11.1 Å². The molecule has 0 N–H and O–H groups in total. The number of aryl methyl sites for hydroxylation is 1. The lowest BCUT2D eigenvalue weighted by atomic mass is 10.2. The van der Waals surface area contributed by atoms with Crippen molar-refractivity contribution in [2.75, 3.05) is 0 Å². The number of benzene rings is 2. The van der Waals surface area contributed by atoms with E-state index in [1.165, 1.54) is 4.68 Å². The Kier molecular flexibility index (Phi) is 5.19. The minimum atomic E-state index is -0.622. The van der Waals surface area contributed by atoms with E-state index in [2.05, 4.69) is 25.7 Å². The Morgan fingerprint density at radius 2 is 1.83 bits per heavy atom. The number of tetrazole rings is 1. The normalized spacial score (nSPS) is 11.4. The van der Waals surface area contributed by atoms with E-state index < -0.39 is 5.97 Å². The maximum Gasteiger partial charge on any atom is 0.357 e. The molecule has 0 fully saturated rings. The van der Waals surface area contributed by atoms with Gasteiger partial charge in [-0.05, 0) is 29.0 Å². The highest BCUT2D eigenvalue weighted by atomic mass is 16.6. The van der Waals surface area contributed by atoms with E-state index in [-0.39, 0.29) is 18.2 Å². The van der Waals surface area contributed by atoms with Crippen molar-refractivity contribution in [2.45, 2.75) is 13.5 Å². The predicted octanol–water partition coefficient (Wildman–Crippen LogP) is 2.77. The van der Waals surface area contributed by atoms with Crippen LogP contribution in [0.1, 0.15) is 17.3 Å². The fourth-order valence-corrected chi connectivity index (χ4v) is 2.59. The topological polar surface area (TPSA) is 109 Å². The first kappa shape index (κ1) is 18.2. The number of hydrogen-bond donors (Lipinski definition) is 0. The standard InChI is InChI=1S/C20H16N6O3/c1-14-22-24-25-26(14)17(12-15-8-4-2-5-9-15)20(27)28-13-18-21-19(23-29-18)16-10-6-3-7-11-16/h2-12H,13H2,1H3/b17-12-. The molecule has 0 saturated carbocycles. The molecule has 144 valence electrons. The van der Waals surface area contributed by atoms with Gasteiger partial charge in [0.1, 0.15) is 0 Å². The van der Waals surface area contributed by atoms with E-state index in [0.29, 0.717) is 11.6 Å². The smallest absolute Gasteiger partial charge is 0.357 e. The Labute approximate surface area is 165 Å². The zero-order chi connectivity index (χ0) is 20.1. The highest BCUT2D eigenvalue weighted by Gasteiger charge is 2.19. The second-order valence-electron chi connectivity index (χ2n) is 6.03. The Bertz CT molecular complexity index is 1140. The monoisotopic (exact) mass is 388 g/mol. The third kappa shape index (κ3) is 4.24. The minimum absolute atomic E-state index is 0.168. The molecule has 0 unspecified atom stereocenters. The van der Waals surface area contributed by atoms with Gasteiger partial charge in [-0.1, -0.05) is 65.8 Å². The molecule has 9 nitrogen and oxygen atoms in total. The van der Waals surface area contributed by atoms with Crippen LogP contribution >= 0.6 is 0 Å². The Hall–Kier alpha value is -4.14. The van der Waals surface area contributed by atoms with E-state index in [4.69, 9.17) is 9.26 Å². The second-order valence-corrected chi connectivity index (χ2v) is 6.03. The van der Waals surface area contributed by atoms with Crippen LogP contribution in [0.25, 0.3) is 23.2 Å². The van der Waals surface area contributed by atoms with Crippen LogP contribution in [0.15, 0.2) is 65.2 Å². The summed E-state index contributed by atoms with van der Waals surface area (Å²) in [4.78, 5) is 17.0. The van der Waals surface area contributed by atoms with Crippen LogP contribution in [-0.2, 0) is 16.1 Å². The quantitative estimate of drug-likeness (QED) is 0.366. The summed E-state index contributed by atoms with van der Waals surface area (Å²) in [5.74, 6) is 0.440. The van der Waals surface area contributed by atoms with E-state index in [1.807, 2.05) is 60.7 Å². The number of rotatable bonds is 6. The SMILES string of the molecule is Cc1nnnn1/C(=C\c1ccccc1)C(=O)OCc1nc(-c2ccccc2)no1. The number of aromatic nitrogens is 6. The lowest BCUT2D eigenvalue weighted by molar-refractivity contribution is -0.139. The van der Waals surface area contributed by atoms with Crippen LogP contribution in [-0.4, -0.2) is 36.3 Å². The molecular weight excluding hydrogens is 372 g/mol. The van der Waals surface area contributed by atoms with Gasteiger partial charge in [0.15, 0.2) is 18.1 Å². The van der Waals surface area contributed by atoms with Crippen molar-refractivity contribution in [3.63, 3.8) is 0 Å². The van der Waals surface area contributed by atoms with Crippen LogP contribution in [0.4, 0.5) is 0 Å². The molecule has 0 bridgehead atoms. The number of carbonyl (C=O) groups excluding carboxylic acids is 1. The molecule has 0 spiro atoms. The number of hydrogen-bond acceptors (Lipinski definition) is 8. The van der Waals surface area contributed by atoms with Gasteiger partial charge in [0, 0.05) is 5.56 Å². The fraction of sp³-hybridized carbons (Fsp3) is 0.100. The first-order valence-corrected chi connectivity index (χ1v) is 8.78. The molecule has 0 aliphatic rings. The van der Waals surface area contributed by atoms with Crippen molar-refractivity contribution >= 4 is 17.7 Å². The van der Waals surface area contributed by atoms with Crippen molar-refractivity contribution in [3.8, 4) is 11.4 Å². The Morgan fingerprint density at radius 3 is 2.52 bits per heavy atom. The maximum absolute atomic E-state index is 12.8. The van der Waals surface area contributed by atoms with Gasteiger partial charge in [-0.25, -0.2) is 4.79 Å². The van der Waals surface area contributed by atoms with E-state index in [1.54, 1.807) is 13.0 Å². The van der Waals surface area contributed by atoms with Gasteiger partial charge >= 0.3 is 5.97 Å². The second kappa shape index (κ2) is 8.26. The van der Waals surface area contributed by atoms with Crippen LogP contribution in [0.5, 0.6) is 0 Å². The van der Waals surface area contributed by atoms with Crippen LogP contribution in [0.3, 0.4) is 0 Å². The third-order valence-electron chi connectivity index (χ3n) is 3.99. The summed E-state index contributed by atoms with van der Waals surface area (Å²) < 4.78 is 11.9. The molecule has 0 aliphatic carbocycles. The summed E-state index contributed by atoms with van der Waals surface area (Å²) in [5.41, 5.74) is 1.78. The zero-order valence-electron chi connectivity index (χ0n) is 15.5. The Balaban J connectivity index is 1.53. The lowest BCUT2D eigenvalue weighted by Crippen LogP contribution is -2.15. The molecule has 9 heteroatoms. The molecule has 0 radical (unpaired) electrons. The summed E-state index contributed by atoms with van der Waals surface area (Å²) in [5, 5.41) is 15.2. The molecule has 2 heterocycles. The summed E-state index contributed by atoms with van der Waals surface area (Å²) in [6.45, 7) is 1.52. The first-order chi connectivity index (χ1) is 14.2. The van der Waals surface area contributed by atoms with Gasteiger partial charge in [-0.2, -0.15) is 9.67 Å². The maximum atomic E-state index is 12.8. The Morgan fingerprint density at radius 1 is 1.10 bits per heavy atom. The molecular formula is C20H16N6O3. The van der Waals surface area contributed by atoms with Gasteiger partial charge in [0.25, 0.3) is 5.89 Å². The molecule has 29 heavy (non-hydrogen) atoms. The molecule has 4 aromatic rings. The van der Waals surface area contributed by atoms with Gasteiger partial charge in [0.05, 0.1) is 0 Å². The van der Waals surface area contributed by atoms with E-state index in [9.17, 15) is 4.79 Å². The summed E-state index contributed by atoms with van der Waals surface area (Å²) in [7, 11) is 0. The van der Waals surface area contributed by atoms with Crippen LogP contribution in [0, 0.1) is 6.92 Å². The lowest BCUT2D eigenvalue weighted by Gasteiger charge is -2.07. The van der Waals surface area contributed by atoms with Gasteiger partial charge < -0.3 is 9.26 Å². The van der Waals surface area contributed by atoms with Crippen molar-refractivity contribution in [3.05, 3.63) is 77.9 Å². The highest BCUT2D eigenvalue weighted by molar-refractivity contribution is 6.15. The first-order valence-electron chi connectivity index (χ1n) is 8.78. The van der Waals surface area contributed by atoms with Gasteiger partial charge in [-0.3, -0.25) is 0 Å². The van der Waals surface area contributed by atoms with Crippen molar-refractivity contribution in [1.82, 2.24) is 30.3 Å². The van der Waals surface area contributed by atoms with Crippen molar-refractivity contribution in [2.24, 2.45) is 0 Å². The number of nitrogens with zero attached hydrogens (tertiary/aromatic N) is 6. The van der Waals surface area contributed by atoms with Gasteiger partial charge in [0.2, 0.25) is 5.82 Å². The molecule has 0 amide bonds. The van der Waals surface area contributed by atoms with Crippen LogP contribution < -0.4 is 0 Å². The predicted molar refractivity (Wildman–Crippen MR) is 103 cm³/mol. The average Bonchev–Trinajstić information content (AvgIpc) is 3.41. The molecule has 0 atom stereocenters. The number of carbonyl (C=O) groups is 1. The third-order valence-corrected chi connectivity index (χ3v) is 3.99. The number of ether oxygens (including phenoxy) is 1. The average molecular weight is 388 g/mol. The molecule has 0 saturated heterocycles. The summed E-state index contributed by atoms with van der Waals surface area (Å²) in [6, 6.07) is 18.7. The highest BCUT2D eigenvalue weighted by Crippen LogP contribution is 2.17. The minimum Gasteiger partial charge on any atom is -0.451 e.